The lowest BCUT2D eigenvalue weighted by Crippen LogP contribution is -2.46. The third-order valence-corrected chi connectivity index (χ3v) is 5.07. The van der Waals surface area contributed by atoms with Crippen molar-refractivity contribution in [2.45, 2.75) is 45.6 Å². The minimum absolute atomic E-state index is 0.0408. The molecule has 0 aromatic carbocycles. The molecule has 2 rings (SSSR count). The number of hydrogen-bond acceptors (Lipinski definition) is 4. The predicted octanol–water partition coefficient (Wildman–Crippen LogP) is 0.635. The number of carbonyl (C=O) groups is 3. The number of likely N-dealkylation sites (tertiary alicyclic amines) is 2. The molecule has 2 heterocycles. The summed E-state index contributed by atoms with van der Waals surface area (Å²) in [5.41, 5.74) is -0.251. The molecule has 7 nitrogen and oxygen atoms in total. The molecule has 7 heteroatoms. The molecule has 0 bridgehead atoms. The van der Waals surface area contributed by atoms with E-state index in [1.165, 1.54) is 0 Å². The standard InChI is InChI=1S/C18H31N3O4/c1-18(2,3)21-12-14(11-15(21)22)17(24)20-8-5-13(6-9-20)16(23)19-7-10-25-4/h13-14H,5-12H2,1-4H3,(H,19,23). The molecular weight excluding hydrogens is 322 g/mol. The van der Waals surface area contributed by atoms with Gasteiger partial charge < -0.3 is 19.9 Å². The Morgan fingerprint density at radius 3 is 2.36 bits per heavy atom. The molecule has 0 radical (unpaired) electrons. The Morgan fingerprint density at radius 1 is 1.20 bits per heavy atom. The fourth-order valence-corrected chi connectivity index (χ4v) is 3.56. The first-order valence-electron chi connectivity index (χ1n) is 9.10. The van der Waals surface area contributed by atoms with Crippen molar-refractivity contribution in [1.29, 1.82) is 0 Å². The van der Waals surface area contributed by atoms with Crippen molar-refractivity contribution in [3.05, 3.63) is 0 Å². The van der Waals surface area contributed by atoms with Crippen LogP contribution in [0, 0.1) is 11.8 Å². The molecule has 25 heavy (non-hydrogen) atoms. The number of rotatable bonds is 5. The van der Waals surface area contributed by atoms with Crippen LogP contribution in [0.15, 0.2) is 0 Å². The average molecular weight is 353 g/mol. The molecule has 1 N–H and O–H groups in total. The largest absolute Gasteiger partial charge is 0.383 e. The average Bonchev–Trinajstić information content (AvgIpc) is 2.96. The van der Waals surface area contributed by atoms with Gasteiger partial charge in [-0.1, -0.05) is 0 Å². The summed E-state index contributed by atoms with van der Waals surface area (Å²) in [6.45, 7) is 8.66. The van der Waals surface area contributed by atoms with Crippen molar-refractivity contribution in [2.75, 3.05) is 39.9 Å². The van der Waals surface area contributed by atoms with Crippen molar-refractivity contribution in [2.24, 2.45) is 11.8 Å². The maximum atomic E-state index is 12.7. The van der Waals surface area contributed by atoms with E-state index in [0.29, 0.717) is 52.0 Å². The summed E-state index contributed by atoms with van der Waals surface area (Å²) >= 11 is 0. The number of hydrogen-bond donors (Lipinski definition) is 1. The fourth-order valence-electron chi connectivity index (χ4n) is 3.56. The molecule has 2 fully saturated rings. The fraction of sp³-hybridized carbons (Fsp3) is 0.833. The van der Waals surface area contributed by atoms with E-state index in [0.717, 1.165) is 0 Å². The first-order valence-corrected chi connectivity index (χ1v) is 9.10. The molecular formula is C18H31N3O4. The maximum absolute atomic E-state index is 12.7. The molecule has 1 atom stereocenters. The van der Waals surface area contributed by atoms with Gasteiger partial charge in [0.2, 0.25) is 17.7 Å². The van der Waals surface area contributed by atoms with Crippen LogP contribution in [0.5, 0.6) is 0 Å². The van der Waals surface area contributed by atoms with Gasteiger partial charge in [-0.3, -0.25) is 14.4 Å². The Labute approximate surface area is 150 Å². The summed E-state index contributed by atoms with van der Waals surface area (Å²) in [7, 11) is 1.60. The van der Waals surface area contributed by atoms with Gasteiger partial charge in [0, 0.05) is 51.2 Å². The number of methoxy groups -OCH3 is 1. The van der Waals surface area contributed by atoms with Gasteiger partial charge in [0.1, 0.15) is 0 Å². The minimum Gasteiger partial charge on any atom is -0.383 e. The van der Waals surface area contributed by atoms with Crippen LogP contribution in [-0.2, 0) is 19.1 Å². The van der Waals surface area contributed by atoms with E-state index in [4.69, 9.17) is 4.74 Å². The highest BCUT2D eigenvalue weighted by Gasteiger charge is 2.41. The Bertz CT molecular complexity index is 507. The van der Waals surface area contributed by atoms with Crippen molar-refractivity contribution in [1.82, 2.24) is 15.1 Å². The van der Waals surface area contributed by atoms with Gasteiger partial charge in [0.15, 0.2) is 0 Å². The number of piperidine rings is 1. The van der Waals surface area contributed by atoms with E-state index in [9.17, 15) is 14.4 Å². The highest BCUT2D eigenvalue weighted by atomic mass is 16.5. The first kappa shape index (κ1) is 19.7. The van der Waals surface area contributed by atoms with Gasteiger partial charge in [-0.2, -0.15) is 0 Å². The monoisotopic (exact) mass is 353 g/mol. The van der Waals surface area contributed by atoms with Crippen LogP contribution in [0.3, 0.4) is 0 Å². The van der Waals surface area contributed by atoms with Crippen molar-refractivity contribution >= 4 is 17.7 Å². The van der Waals surface area contributed by atoms with Crippen LogP contribution in [0.4, 0.5) is 0 Å². The summed E-state index contributed by atoms with van der Waals surface area (Å²) in [5, 5.41) is 2.86. The molecule has 2 aliphatic heterocycles. The maximum Gasteiger partial charge on any atom is 0.227 e. The highest BCUT2D eigenvalue weighted by Crippen LogP contribution is 2.28. The lowest BCUT2D eigenvalue weighted by atomic mass is 9.94. The van der Waals surface area contributed by atoms with Crippen LogP contribution >= 0.6 is 0 Å². The van der Waals surface area contributed by atoms with E-state index < -0.39 is 0 Å². The number of nitrogens with zero attached hydrogens (tertiary/aromatic N) is 2. The van der Waals surface area contributed by atoms with Crippen molar-refractivity contribution < 1.29 is 19.1 Å². The number of carbonyl (C=O) groups excluding carboxylic acids is 3. The normalized spacial score (nSPS) is 22.4. The topological polar surface area (TPSA) is 79.0 Å². The van der Waals surface area contributed by atoms with Gasteiger partial charge in [-0.15, -0.1) is 0 Å². The zero-order valence-electron chi connectivity index (χ0n) is 15.8. The van der Waals surface area contributed by atoms with Crippen LogP contribution in [-0.4, -0.2) is 73.0 Å². The second-order valence-electron chi connectivity index (χ2n) is 7.96. The number of ether oxygens (including phenoxy) is 1. The third-order valence-electron chi connectivity index (χ3n) is 5.07. The van der Waals surface area contributed by atoms with Gasteiger partial charge in [-0.25, -0.2) is 0 Å². The van der Waals surface area contributed by atoms with E-state index >= 15 is 0 Å². The third kappa shape index (κ3) is 4.93. The Kier molecular flexibility index (Phi) is 6.43. The number of nitrogens with one attached hydrogen (secondary N) is 1. The zero-order valence-corrected chi connectivity index (χ0v) is 15.8. The van der Waals surface area contributed by atoms with Crippen LogP contribution in [0.25, 0.3) is 0 Å². The second kappa shape index (κ2) is 8.17. The minimum atomic E-state index is -0.251. The molecule has 0 aliphatic carbocycles. The van der Waals surface area contributed by atoms with Crippen LogP contribution < -0.4 is 5.32 Å². The molecule has 0 spiro atoms. The predicted molar refractivity (Wildman–Crippen MR) is 93.8 cm³/mol. The quantitative estimate of drug-likeness (QED) is 0.736. The summed E-state index contributed by atoms with van der Waals surface area (Å²) in [5.74, 6) is -0.147. The molecule has 0 saturated carbocycles. The molecule has 2 aliphatic rings. The molecule has 0 aromatic heterocycles. The smallest absolute Gasteiger partial charge is 0.227 e. The van der Waals surface area contributed by atoms with E-state index in [2.05, 4.69) is 5.32 Å². The lowest BCUT2D eigenvalue weighted by molar-refractivity contribution is -0.139. The first-order chi connectivity index (χ1) is 11.7. The van der Waals surface area contributed by atoms with Gasteiger partial charge >= 0.3 is 0 Å². The zero-order chi connectivity index (χ0) is 18.6. The lowest BCUT2D eigenvalue weighted by Gasteiger charge is -2.34. The Balaban J connectivity index is 1.82. The summed E-state index contributed by atoms with van der Waals surface area (Å²) in [6, 6.07) is 0. The molecule has 2 saturated heterocycles. The van der Waals surface area contributed by atoms with Crippen molar-refractivity contribution in [3.63, 3.8) is 0 Å². The summed E-state index contributed by atoms with van der Waals surface area (Å²) < 4.78 is 4.93. The molecule has 1 unspecified atom stereocenters. The Hall–Kier alpha value is -1.63. The molecule has 142 valence electrons. The molecule has 0 aromatic rings. The van der Waals surface area contributed by atoms with Crippen LogP contribution in [0.2, 0.25) is 0 Å². The van der Waals surface area contributed by atoms with Gasteiger partial charge in [-0.05, 0) is 33.6 Å². The SMILES string of the molecule is COCCNC(=O)C1CCN(C(=O)C2CC(=O)N(C(C)(C)C)C2)CC1. The van der Waals surface area contributed by atoms with E-state index in [1.807, 2.05) is 25.7 Å². The highest BCUT2D eigenvalue weighted by molar-refractivity contribution is 5.89. The summed E-state index contributed by atoms with van der Waals surface area (Å²) in [6.07, 6.45) is 1.65. The van der Waals surface area contributed by atoms with Crippen molar-refractivity contribution in [3.8, 4) is 0 Å². The van der Waals surface area contributed by atoms with E-state index in [-0.39, 0.29) is 35.1 Å². The van der Waals surface area contributed by atoms with Crippen LogP contribution in [0.1, 0.15) is 40.0 Å². The number of amides is 3. The molecule has 3 amide bonds. The summed E-state index contributed by atoms with van der Waals surface area (Å²) in [4.78, 5) is 40.6. The van der Waals surface area contributed by atoms with Gasteiger partial charge in [0.05, 0.1) is 12.5 Å². The van der Waals surface area contributed by atoms with E-state index in [1.54, 1.807) is 12.0 Å². The Morgan fingerprint density at radius 2 is 1.84 bits per heavy atom. The van der Waals surface area contributed by atoms with Gasteiger partial charge in [0.25, 0.3) is 0 Å². The second-order valence-corrected chi connectivity index (χ2v) is 7.96.